The van der Waals surface area contributed by atoms with Gasteiger partial charge in [-0.25, -0.2) is 0 Å². The second-order valence-corrected chi connectivity index (χ2v) is 6.34. The highest BCUT2D eigenvalue weighted by atomic mass is 35.5. The Hall–Kier alpha value is -3.31. The summed E-state index contributed by atoms with van der Waals surface area (Å²) in [6, 6.07) is 18.4. The predicted molar refractivity (Wildman–Crippen MR) is 109 cm³/mol. The third kappa shape index (κ3) is 4.15. The highest BCUT2D eigenvalue weighted by Gasteiger charge is 2.19. The fourth-order valence-corrected chi connectivity index (χ4v) is 2.91. The Kier molecular flexibility index (Phi) is 5.96. The number of hydrogen-bond acceptors (Lipinski definition) is 4. The monoisotopic (exact) mass is 395 g/mol. The van der Waals surface area contributed by atoms with Gasteiger partial charge >= 0.3 is 0 Å². The van der Waals surface area contributed by atoms with Gasteiger partial charge in [-0.2, -0.15) is 0 Å². The number of hydrogen-bond donors (Lipinski definition) is 1. The number of benzene rings is 3. The number of nitrogens with one attached hydrogen (secondary N) is 1. The Morgan fingerprint density at radius 3 is 2.29 bits per heavy atom. The molecular formula is C22H18ClNO4. The van der Waals surface area contributed by atoms with Crippen LogP contribution in [0.25, 0.3) is 0 Å². The van der Waals surface area contributed by atoms with E-state index in [2.05, 4.69) is 5.32 Å². The largest absolute Gasteiger partial charge is 0.497 e. The van der Waals surface area contributed by atoms with Gasteiger partial charge in [0.25, 0.3) is 5.91 Å². The first-order valence-electron chi connectivity index (χ1n) is 8.46. The molecule has 3 aromatic carbocycles. The van der Waals surface area contributed by atoms with Crippen LogP contribution in [0.4, 0.5) is 5.69 Å². The summed E-state index contributed by atoms with van der Waals surface area (Å²) in [6.45, 7) is 0. The first-order chi connectivity index (χ1) is 13.5. The van der Waals surface area contributed by atoms with E-state index in [0.717, 1.165) is 0 Å². The number of rotatable bonds is 6. The highest BCUT2D eigenvalue weighted by Crippen LogP contribution is 2.28. The van der Waals surface area contributed by atoms with Gasteiger partial charge in [0, 0.05) is 22.2 Å². The van der Waals surface area contributed by atoms with E-state index in [-0.39, 0.29) is 5.78 Å². The van der Waals surface area contributed by atoms with Crippen molar-refractivity contribution >= 4 is 29.0 Å². The van der Waals surface area contributed by atoms with Crippen LogP contribution in [-0.2, 0) is 0 Å². The quantitative estimate of drug-likeness (QED) is 0.606. The summed E-state index contributed by atoms with van der Waals surface area (Å²) < 4.78 is 10.4. The topological polar surface area (TPSA) is 64.6 Å². The Morgan fingerprint density at radius 2 is 1.61 bits per heavy atom. The minimum atomic E-state index is -0.413. The molecule has 0 aliphatic heterocycles. The standard InChI is InChI=1S/C22H18ClNO4/c1-27-16-9-10-17(20(13-16)28-2)22(26)24-19-11-8-15(23)12-18(19)21(25)14-6-4-3-5-7-14/h3-13H,1-2H3,(H,24,26). The van der Waals surface area contributed by atoms with E-state index in [1.807, 2.05) is 6.07 Å². The Morgan fingerprint density at radius 1 is 0.857 bits per heavy atom. The zero-order valence-electron chi connectivity index (χ0n) is 15.4. The van der Waals surface area contributed by atoms with E-state index in [0.29, 0.717) is 38.9 Å². The van der Waals surface area contributed by atoms with Crippen LogP contribution in [0.3, 0.4) is 0 Å². The molecule has 0 fully saturated rings. The van der Waals surface area contributed by atoms with Crippen molar-refractivity contribution in [1.29, 1.82) is 0 Å². The predicted octanol–water partition coefficient (Wildman–Crippen LogP) is 4.84. The zero-order valence-corrected chi connectivity index (χ0v) is 16.1. The summed E-state index contributed by atoms with van der Waals surface area (Å²) >= 11 is 6.08. The normalized spacial score (nSPS) is 10.2. The van der Waals surface area contributed by atoms with Crippen molar-refractivity contribution in [3.8, 4) is 11.5 Å². The molecule has 0 aliphatic rings. The van der Waals surface area contributed by atoms with Gasteiger partial charge < -0.3 is 14.8 Å². The van der Waals surface area contributed by atoms with Gasteiger partial charge in [-0.15, -0.1) is 0 Å². The van der Waals surface area contributed by atoms with Crippen molar-refractivity contribution in [3.63, 3.8) is 0 Å². The van der Waals surface area contributed by atoms with Crippen molar-refractivity contribution in [2.75, 3.05) is 19.5 Å². The SMILES string of the molecule is COc1ccc(C(=O)Nc2ccc(Cl)cc2C(=O)c2ccccc2)c(OC)c1. The lowest BCUT2D eigenvalue weighted by Gasteiger charge is -2.13. The molecule has 5 nitrogen and oxygen atoms in total. The minimum absolute atomic E-state index is 0.236. The number of ether oxygens (including phenoxy) is 2. The van der Waals surface area contributed by atoms with E-state index in [1.165, 1.54) is 20.3 Å². The van der Waals surface area contributed by atoms with Gasteiger partial charge in [0.1, 0.15) is 11.5 Å². The van der Waals surface area contributed by atoms with Crippen molar-refractivity contribution in [2.45, 2.75) is 0 Å². The second kappa shape index (κ2) is 8.59. The molecule has 3 aromatic rings. The van der Waals surface area contributed by atoms with Gasteiger partial charge in [-0.1, -0.05) is 41.9 Å². The summed E-state index contributed by atoms with van der Waals surface area (Å²) in [6.07, 6.45) is 0. The molecule has 1 amide bonds. The molecule has 0 aromatic heterocycles. The van der Waals surface area contributed by atoms with E-state index in [1.54, 1.807) is 54.6 Å². The molecule has 142 valence electrons. The number of ketones is 1. The van der Waals surface area contributed by atoms with Crippen LogP contribution in [0.1, 0.15) is 26.3 Å². The Labute approximate surface area is 167 Å². The Bertz CT molecular complexity index is 1020. The molecule has 0 radical (unpaired) electrons. The van der Waals surface area contributed by atoms with Crippen LogP contribution in [0.2, 0.25) is 5.02 Å². The van der Waals surface area contributed by atoms with Crippen LogP contribution < -0.4 is 14.8 Å². The maximum Gasteiger partial charge on any atom is 0.259 e. The summed E-state index contributed by atoms with van der Waals surface area (Å²) in [5.41, 5.74) is 1.49. The lowest BCUT2D eigenvalue weighted by atomic mass is 10.0. The molecule has 28 heavy (non-hydrogen) atoms. The third-order valence-corrected chi connectivity index (χ3v) is 4.40. The molecule has 0 aliphatic carbocycles. The fraction of sp³-hybridized carbons (Fsp3) is 0.0909. The number of carbonyl (C=O) groups is 2. The maximum absolute atomic E-state index is 12.9. The number of anilines is 1. The van der Waals surface area contributed by atoms with Crippen LogP contribution >= 0.6 is 11.6 Å². The van der Waals surface area contributed by atoms with Crippen LogP contribution in [0, 0.1) is 0 Å². The lowest BCUT2D eigenvalue weighted by molar-refractivity contribution is 0.102. The molecule has 0 unspecified atom stereocenters. The van der Waals surface area contributed by atoms with Gasteiger partial charge in [-0.05, 0) is 30.3 Å². The number of halogens is 1. The van der Waals surface area contributed by atoms with Crippen molar-refractivity contribution in [3.05, 3.63) is 88.4 Å². The second-order valence-electron chi connectivity index (χ2n) is 5.91. The van der Waals surface area contributed by atoms with Gasteiger partial charge in [0.05, 0.1) is 25.5 Å². The van der Waals surface area contributed by atoms with Crippen LogP contribution in [0.15, 0.2) is 66.7 Å². The maximum atomic E-state index is 12.9. The first kappa shape index (κ1) is 19.5. The molecule has 0 bridgehead atoms. The highest BCUT2D eigenvalue weighted by molar-refractivity contribution is 6.31. The molecular weight excluding hydrogens is 378 g/mol. The Balaban J connectivity index is 1.95. The van der Waals surface area contributed by atoms with Gasteiger partial charge in [0.2, 0.25) is 0 Å². The molecule has 0 atom stereocenters. The van der Waals surface area contributed by atoms with Gasteiger partial charge in [-0.3, -0.25) is 9.59 Å². The fourth-order valence-electron chi connectivity index (χ4n) is 2.73. The molecule has 0 saturated carbocycles. The smallest absolute Gasteiger partial charge is 0.259 e. The minimum Gasteiger partial charge on any atom is -0.497 e. The molecule has 3 rings (SSSR count). The third-order valence-electron chi connectivity index (χ3n) is 4.16. The average Bonchev–Trinajstić information content (AvgIpc) is 2.74. The molecule has 6 heteroatoms. The average molecular weight is 396 g/mol. The zero-order chi connectivity index (χ0) is 20.1. The number of amides is 1. The van der Waals surface area contributed by atoms with Gasteiger partial charge in [0.15, 0.2) is 5.78 Å². The van der Waals surface area contributed by atoms with Crippen LogP contribution in [0.5, 0.6) is 11.5 Å². The molecule has 1 N–H and O–H groups in total. The number of carbonyl (C=O) groups excluding carboxylic acids is 2. The van der Waals surface area contributed by atoms with E-state index in [4.69, 9.17) is 21.1 Å². The van der Waals surface area contributed by atoms with Crippen molar-refractivity contribution in [1.82, 2.24) is 0 Å². The lowest BCUT2D eigenvalue weighted by Crippen LogP contribution is -2.16. The summed E-state index contributed by atoms with van der Waals surface area (Å²) in [4.78, 5) is 25.7. The summed E-state index contributed by atoms with van der Waals surface area (Å²) in [7, 11) is 3.00. The summed E-state index contributed by atoms with van der Waals surface area (Å²) in [5, 5.41) is 3.18. The van der Waals surface area contributed by atoms with Crippen LogP contribution in [-0.4, -0.2) is 25.9 Å². The summed E-state index contributed by atoms with van der Waals surface area (Å²) in [5.74, 6) is 0.283. The van der Waals surface area contributed by atoms with Crippen molar-refractivity contribution in [2.24, 2.45) is 0 Å². The number of methoxy groups -OCH3 is 2. The molecule has 0 heterocycles. The molecule has 0 saturated heterocycles. The van der Waals surface area contributed by atoms with E-state index >= 15 is 0 Å². The van der Waals surface area contributed by atoms with Crippen molar-refractivity contribution < 1.29 is 19.1 Å². The first-order valence-corrected chi connectivity index (χ1v) is 8.84. The molecule has 0 spiro atoms. The van der Waals surface area contributed by atoms with E-state index < -0.39 is 5.91 Å². The van der Waals surface area contributed by atoms with E-state index in [9.17, 15) is 9.59 Å².